The third-order valence-electron chi connectivity index (χ3n) is 4.04. The van der Waals surface area contributed by atoms with E-state index in [-0.39, 0.29) is 12.0 Å². The molecule has 1 atom stereocenters. The Morgan fingerprint density at radius 2 is 1.67 bits per heavy atom. The van der Waals surface area contributed by atoms with Crippen molar-refractivity contribution in [2.24, 2.45) is 0 Å². The quantitative estimate of drug-likeness (QED) is 0.781. The fourth-order valence-electron chi connectivity index (χ4n) is 2.89. The summed E-state index contributed by atoms with van der Waals surface area (Å²) in [5, 5.41) is 0. The highest BCUT2D eigenvalue weighted by atomic mass is 16.5. The zero-order chi connectivity index (χ0) is 16.9. The number of benzene rings is 2. The molecule has 0 N–H and O–H groups in total. The fraction of sp³-hybridized carbons (Fsp3) is 0.190. The Morgan fingerprint density at radius 1 is 1.04 bits per heavy atom. The summed E-state index contributed by atoms with van der Waals surface area (Å²) < 4.78 is 5.28. The van der Waals surface area contributed by atoms with Gasteiger partial charge in [0.15, 0.2) is 0 Å². The first-order valence-electron chi connectivity index (χ1n) is 8.20. The van der Waals surface area contributed by atoms with Crippen molar-refractivity contribution < 1.29 is 9.53 Å². The van der Waals surface area contributed by atoms with Crippen LogP contribution in [0, 0.1) is 0 Å². The van der Waals surface area contributed by atoms with Crippen molar-refractivity contribution >= 4 is 17.2 Å². The van der Waals surface area contributed by atoms with Crippen molar-refractivity contribution in [3.63, 3.8) is 0 Å². The molecule has 2 aromatic rings. The molecule has 0 saturated carbocycles. The van der Waals surface area contributed by atoms with Gasteiger partial charge in [0.2, 0.25) is 0 Å². The summed E-state index contributed by atoms with van der Waals surface area (Å²) in [5.74, 6) is -0.291. The van der Waals surface area contributed by atoms with E-state index in [1.807, 2.05) is 73.8 Å². The smallest absolute Gasteiger partial charge is 0.340 e. The number of para-hydroxylation sites is 1. The Hall–Kier alpha value is -2.81. The lowest BCUT2D eigenvalue weighted by atomic mass is 9.93. The highest BCUT2D eigenvalue weighted by Gasteiger charge is 2.26. The van der Waals surface area contributed by atoms with Crippen LogP contribution >= 0.6 is 0 Å². The van der Waals surface area contributed by atoms with E-state index in [2.05, 4.69) is 17.9 Å². The molecule has 3 heteroatoms. The lowest BCUT2D eigenvalue weighted by molar-refractivity contribution is -0.138. The molecule has 3 rings (SSSR count). The van der Waals surface area contributed by atoms with Crippen LogP contribution in [-0.2, 0) is 9.53 Å². The molecule has 1 aliphatic heterocycles. The number of nitrogens with zero attached hydrogens (tertiary/aromatic N) is 1. The summed E-state index contributed by atoms with van der Waals surface area (Å²) in [6.07, 6.45) is 4.02. The highest BCUT2D eigenvalue weighted by molar-refractivity contribution is 6.07. The molecule has 3 nitrogen and oxygen atoms in total. The molecule has 122 valence electrons. The van der Waals surface area contributed by atoms with E-state index in [9.17, 15) is 4.79 Å². The van der Waals surface area contributed by atoms with Gasteiger partial charge in [0.05, 0.1) is 12.2 Å². The number of esters is 1. The van der Waals surface area contributed by atoms with Crippen molar-refractivity contribution in [2.75, 3.05) is 11.5 Å². The summed E-state index contributed by atoms with van der Waals surface area (Å²) >= 11 is 0. The van der Waals surface area contributed by atoms with Gasteiger partial charge in [0.25, 0.3) is 0 Å². The van der Waals surface area contributed by atoms with Crippen molar-refractivity contribution in [1.29, 1.82) is 0 Å². The summed E-state index contributed by atoms with van der Waals surface area (Å²) in [6, 6.07) is 20.2. The molecule has 2 aromatic carbocycles. The average Bonchev–Trinajstić information content (AvgIpc) is 2.63. The summed E-state index contributed by atoms with van der Waals surface area (Å²) in [4.78, 5) is 14.6. The number of carbonyl (C=O) groups excluding carboxylic acids is 1. The maximum Gasteiger partial charge on any atom is 0.340 e. The van der Waals surface area contributed by atoms with Crippen LogP contribution in [0.5, 0.6) is 0 Å². The molecule has 0 amide bonds. The molecule has 0 spiro atoms. The fourth-order valence-corrected chi connectivity index (χ4v) is 2.89. The van der Waals surface area contributed by atoms with Crippen LogP contribution in [0.4, 0.5) is 5.69 Å². The predicted octanol–water partition coefficient (Wildman–Crippen LogP) is 4.43. The number of hydrogen-bond donors (Lipinski definition) is 0. The normalized spacial score (nSPS) is 17.1. The number of carbonyl (C=O) groups is 1. The van der Waals surface area contributed by atoms with Crippen molar-refractivity contribution in [3.05, 3.63) is 84.1 Å². The first-order chi connectivity index (χ1) is 11.7. The zero-order valence-electron chi connectivity index (χ0n) is 14.0. The van der Waals surface area contributed by atoms with Gasteiger partial charge in [-0.3, -0.25) is 0 Å². The second-order valence-corrected chi connectivity index (χ2v) is 5.69. The monoisotopic (exact) mass is 319 g/mol. The van der Waals surface area contributed by atoms with Crippen LogP contribution < -0.4 is 4.90 Å². The minimum atomic E-state index is -0.291. The van der Waals surface area contributed by atoms with Crippen molar-refractivity contribution in [3.8, 4) is 0 Å². The summed E-state index contributed by atoms with van der Waals surface area (Å²) in [5.41, 5.74) is 3.59. The van der Waals surface area contributed by atoms with Gasteiger partial charge in [-0.15, -0.1) is 0 Å². The lowest BCUT2D eigenvalue weighted by Crippen LogP contribution is -2.31. The topological polar surface area (TPSA) is 29.5 Å². The molecule has 1 aliphatic rings. The molecule has 0 saturated heterocycles. The van der Waals surface area contributed by atoms with Gasteiger partial charge in [-0.25, -0.2) is 4.79 Å². The van der Waals surface area contributed by atoms with Crippen LogP contribution in [0.2, 0.25) is 0 Å². The SMILES string of the molecule is CCOC(=O)C1=CN(c2ccccc2)C(C)C=C1c1ccccc1. The van der Waals surface area contributed by atoms with E-state index in [4.69, 9.17) is 4.74 Å². The molecule has 24 heavy (non-hydrogen) atoms. The molecule has 0 fully saturated rings. The predicted molar refractivity (Wildman–Crippen MR) is 97.5 cm³/mol. The number of ether oxygens (including phenoxy) is 1. The molecule has 0 aliphatic carbocycles. The van der Waals surface area contributed by atoms with Crippen molar-refractivity contribution in [2.45, 2.75) is 19.9 Å². The van der Waals surface area contributed by atoms with E-state index in [0.29, 0.717) is 12.2 Å². The van der Waals surface area contributed by atoms with E-state index in [1.165, 1.54) is 0 Å². The van der Waals surface area contributed by atoms with Gasteiger partial charge in [-0.2, -0.15) is 0 Å². The first kappa shape index (κ1) is 16.1. The van der Waals surface area contributed by atoms with E-state index < -0.39 is 0 Å². The average molecular weight is 319 g/mol. The number of hydrogen-bond acceptors (Lipinski definition) is 3. The second kappa shape index (κ2) is 7.18. The third-order valence-corrected chi connectivity index (χ3v) is 4.04. The molecule has 1 heterocycles. The third kappa shape index (κ3) is 3.25. The van der Waals surface area contributed by atoms with Gasteiger partial charge in [-0.1, -0.05) is 54.6 Å². The van der Waals surface area contributed by atoms with Gasteiger partial charge in [0, 0.05) is 17.9 Å². The lowest BCUT2D eigenvalue weighted by Gasteiger charge is -2.32. The molecule has 1 unspecified atom stereocenters. The molecular formula is C21H21NO2. The summed E-state index contributed by atoms with van der Waals surface area (Å²) in [7, 11) is 0. The Balaban J connectivity index is 2.04. The number of rotatable bonds is 4. The van der Waals surface area contributed by atoms with E-state index in [0.717, 1.165) is 16.8 Å². The maximum atomic E-state index is 12.5. The molecular weight excluding hydrogens is 298 g/mol. The Kier molecular flexibility index (Phi) is 4.80. The molecule has 0 bridgehead atoms. The minimum absolute atomic E-state index is 0.140. The Labute approximate surface area is 142 Å². The van der Waals surface area contributed by atoms with Crippen LogP contribution in [0.15, 0.2) is 78.5 Å². The maximum absolute atomic E-state index is 12.5. The van der Waals surface area contributed by atoms with Crippen LogP contribution in [-0.4, -0.2) is 18.6 Å². The van der Waals surface area contributed by atoms with Gasteiger partial charge in [0.1, 0.15) is 0 Å². The van der Waals surface area contributed by atoms with Crippen LogP contribution in [0.1, 0.15) is 19.4 Å². The van der Waals surface area contributed by atoms with Gasteiger partial charge in [-0.05, 0) is 37.1 Å². The van der Waals surface area contributed by atoms with Crippen LogP contribution in [0.25, 0.3) is 5.57 Å². The zero-order valence-corrected chi connectivity index (χ0v) is 14.0. The van der Waals surface area contributed by atoms with E-state index >= 15 is 0 Å². The minimum Gasteiger partial charge on any atom is -0.462 e. The highest BCUT2D eigenvalue weighted by Crippen LogP contribution is 2.32. The van der Waals surface area contributed by atoms with Gasteiger partial charge >= 0.3 is 5.97 Å². The molecule has 0 aromatic heterocycles. The number of anilines is 1. The van der Waals surface area contributed by atoms with E-state index in [1.54, 1.807) is 0 Å². The first-order valence-corrected chi connectivity index (χ1v) is 8.20. The standard InChI is InChI=1S/C21H21NO2/c1-3-24-21(23)20-15-22(18-12-8-5-9-13-18)16(2)14-19(20)17-10-6-4-7-11-17/h4-16H,3H2,1-2H3. The largest absolute Gasteiger partial charge is 0.462 e. The molecule has 0 radical (unpaired) electrons. The van der Waals surface area contributed by atoms with Crippen LogP contribution in [0.3, 0.4) is 0 Å². The van der Waals surface area contributed by atoms with Gasteiger partial charge < -0.3 is 9.64 Å². The summed E-state index contributed by atoms with van der Waals surface area (Å²) in [6.45, 7) is 4.30. The van der Waals surface area contributed by atoms with Crippen molar-refractivity contribution in [1.82, 2.24) is 0 Å². The second-order valence-electron chi connectivity index (χ2n) is 5.69. The Morgan fingerprint density at radius 3 is 2.29 bits per heavy atom. The Bertz CT molecular complexity index is 763.